The van der Waals surface area contributed by atoms with E-state index < -0.39 is 11.5 Å². The van der Waals surface area contributed by atoms with E-state index >= 15 is 0 Å². The molecule has 30 heavy (non-hydrogen) atoms. The summed E-state index contributed by atoms with van der Waals surface area (Å²) in [4.78, 5) is 29.2. The zero-order valence-corrected chi connectivity index (χ0v) is 15.9. The topological polar surface area (TPSA) is 134 Å². The minimum atomic E-state index is -0.636. The fraction of sp³-hybridized carbons (Fsp3) is 0.167. The summed E-state index contributed by atoms with van der Waals surface area (Å²) < 4.78 is 20.8. The normalized spacial score (nSPS) is 15.3. The number of fused-ring (bicyclic) bond motifs is 1. The van der Waals surface area contributed by atoms with E-state index in [0.29, 0.717) is 10.9 Å². The molecule has 0 saturated heterocycles. The largest absolute Gasteiger partial charge is 0.493 e. The number of ether oxygens (including phenoxy) is 1. The minimum absolute atomic E-state index is 0.0314. The molecule has 0 radical (unpaired) electrons. The second kappa shape index (κ2) is 6.95. The van der Waals surface area contributed by atoms with Crippen molar-refractivity contribution < 1.29 is 14.2 Å². The van der Waals surface area contributed by atoms with E-state index in [1.54, 1.807) is 0 Å². The van der Waals surface area contributed by atoms with Gasteiger partial charge in [0.2, 0.25) is 5.88 Å². The lowest BCUT2D eigenvalue weighted by Gasteiger charge is -2.05. The predicted molar refractivity (Wildman–Crippen MR) is 103 cm³/mol. The van der Waals surface area contributed by atoms with E-state index in [0.717, 1.165) is 18.9 Å². The molecule has 0 bridgehead atoms. The summed E-state index contributed by atoms with van der Waals surface area (Å²) >= 11 is 5.71. The van der Waals surface area contributed by atoms with E-state index in [-0.39, 0.29) is 40.0 Å². The maximum atomic E-state index is 13.7. The van der Waals surface area contributed by atoms with Crippen LogP contribution >= 0.6 is 11.6 Å². The molecular weight excluding hydrogens is 417 g/mol. The number of hydrogen-bond donors (Lipinski definition) is 3. The second-order valence-electron chi connectivity index (χ2n) is 6.67. The van der Waals surface area contributed by atoms with Crippen LogP contribution in [-0.4, -0.2) is 40.7 Å². The fourth-order valence-electron chi connectivity index (χ4n) is 2.75. The summed E-state index contributed by atoms with van der Waals surface area (Å²) in [6.45, 7) is 0. The van der Waals surface area contributed by atoms with Gasteiger partial charge >= 0.3 is 11.7 Å². The molecule has 1 aliphatic rings. The lowest BCUT2D eigenvalue weighted by molar-refractivity contribution is 0.432. The van der Waals surface area contributed by atoms with Crippen LogP contribution in [0.2, 0.25) is 5.02 Å². The number of nitrogens with zero attached hydrogens (tertiary/aromatic N) is 5. The summed E-state index contributed by atoms with van der Waals surface area (Å²) in [6, 6.07) is 4.06. The molecule has 3 heterocycles. The number of aromatic amines is 2. The molecule has 0 atom stereocenters. The van der Waals surface area contributed by atoms with Gasteiger partial charge in [0.05, 0.1) is 17.3 Å². The Bertz CT molecular complexity index is 1450. The van der Waals surface area contributed by atoms with Crippen LogP contribution in [0.1, 0.15) is 18.5 Å². The van der Waals surface area contributed by atoms with E-state index in [1.807, 2.05) is 0 Å². The van der Waals surface area contributed by atoms with Gasteiger partial charge in [0.15, 0.2) is 5.65 Å². The number of hydrogen-bond acceptors (Lipinski definition) is 7. The maximum absolute atomic E-state index is 13.7. The smallest absolute Gasteiger partial charge is 0.327 e. The van der Waals surface area contributed by atoms with Crippen molar-refractivity contribution in [2.24, 2.45) is 4.99 Å². The summed E-state index contributed by atoms with van der Waals surface area (Å²) in [5.41, 5.74) is 0.216. The third-order valence-electron chi connectivity index (χ3n) is 4.34. The molecule has 152 valence electrons. The Labute approximate surface area is 171 Å². The van der Waals surface area contributed by atoms with Crippen molar-refractivity contribution in [1.29, 1.82) is 0 Å². The molecule has 4 aromatic rings. The SMILES string of the molecule is O=c1[nH]c(O)c(/C=c2\cnn3c(=NC4CC4)nc(Oc4ccc(Cl)c(F)c4)nc23)[nH]1. The van der Waals surface area contributed by atoms with Crippen LogP contribution in [0.3, 0.4) is 0 Å². The highest BCUT2D eigenvalue weighted by Crippen LogP contribution is 2.24. The summed E-state index contributed by atoms with van der Waals surface area (Å²) in [7, 11) is 0. The van der Waals surface area contributed by atoms with E-state index in [9.17, 15) is 14.3 Å². The van der Waals surface area contributed by atoms with E-state index in [1.165, 1.54) is 28.9 Å². The summed E-state index contributed by atoms with van der Waals surface area (Å²) in [6.07, 6.45) is 4.88. The Morgan fingerprint density at radius 2 is 2.17 bits per heavy atom. The van der Waals surface area contributed by atoms with Gasteiger partial charge in [-0.2, -0.15) is 19.6 Å². The third-order valence-corrected chi connectivity index (χ3v) is 4.64. The summed E-state index contributed by atoms with van der Waals surface area (Å²) in [5.74, 6) is -0.788. The Balaban J connectivity index is 1.67. The van der Waals surface area contributed by atoms with Crippen LogP contribution < -0.4 is 21.3 Å². The van der Waals surface area contributed by atoms with Gasteiger partial charge < -0.3 is 14.8 Å². The molecule has 0 aliphatic heterocycles. The molecule has 0 amide bonds. The molecule has 5 rings (SSSR count). The monoisotopic (exact) mass is 429 g/mol. The van der Waals surface area contributed by atoms with Crippen molar-refractivity contribution >= 4 is 23.3 Å². The van der Waals surface area contributed by atoms with E-state index in [4.69, 9.17) is 16.3 Å². The fourth-order valence-corrected chi connectivity index (χ4v) is 2.87. The zero-order chi connectivity index (χ0) is 20.8. The lowest BCUT2D eigenvalue weighted by Crippen LogP contribution is -2.23. The number of aromatic hydroxyl groups is 1. The Morgan fingerprint density at radius 1 is 1.33 bits per heavy atom. The van der Waals surface area contributed by atoms with Crippen molar-refractivity contribution in [2.45, 2.75) is 18.9 Å². The van der Waals surface area contributed by atoms with Gasteiger partial charge in [-0.05, 0) is 31.1 Å². The Hall–Kier alpha value is -3.73. The number of H-pyrrole nitrogens is 2. The van der Waals surface area contributed by atoms with Crippen molar-refractivity contribution in [3.8, 4) is 17.6 Å². The number of halogens is 2. The Morgan fingerprint density at radius 3 is 2.87 bits per heavy atom. The number of nitrogens with one attached hydrogen (secondary N) is 2. The highest BCUT2D eigenvalue weighted by molar-refractivity contribution is 6.30. The zero-order valence-electron chi connectivity index (χ0n) is 15.1. The van der Waals surface area contributed by atoms with Gasteiger partial charge in [-0.25, -0.2) is 14.2 Å². The quantitative estimate of drug-likeness (QED) is 0.444. The van der Waals surface area contributed by atoms with Gasteiger partial charge in [0.25, 0.3) is 5.62 Å². The number of aromatic nitrogens is 6. The van der Waals surface area contributed by atoms with Gasteiger partial charge in [0, 0.05) is 11.3 Å². The van der Waals surface area contributed by atoms with Gasteiger partial charge in [0.1, 0.15) is 17.3 Å². The van der Waals surface area contributed by atoms with Gasteiger partial charge in [-0.3, -0.25) is 4.98 Å². The first-order valence-corrected chi connectivity index (χ1v) is 9.29. The average Bonchev–Trinajstić information content (AvgIpc) is 3.34. The first-order chi connectivity index (χ1) is 14.5. The third kappa shape index (κ3) is 3.50. The van der Waals surface area contributed by atoms with E-state index in [2.05, 4.69) is 30.0 Å². The molecule has 1 fully saturated rings. The van der Waals surface area contributed by atoms with Crippen LogP contribution in [0.4, 0.5) is 4.39 Å². The maximum Gasteiger partial charge on any atom is 0.327 e. The molecule has 10 nitrogen and oxygen atoms in total. The number of imidazole rings is 1. The molecule has 0 spiro atoms. The lowest BCUT2D eigenvalue weighted by atomic mass is 10.3. The molecule has 1 aromatic carbocycles. The number of rotatable bonds is 4. The molecule has 12 heteroatoms. The summed E-state index contributed by atoms with van der Waals surface area (Å²) in [5, 5.41) is 14.5. The number of benzene rings is 1. The highest BCUT2D eigenvalue weighted by atomic mass is 35.5. The first kappa shape index (κ1) is 18.3. The standard InChI is InChI=1S/C18H13ClFN7O3/c19-11-4-3-10(6-12(11)20)30-18-24-14-8(5-13-15(28)25-17(29)23-13)7-21-27(14)16(26-18)22-9-1-2-9/h3-7,9,28H,1-2H2,(H2,23,25,29)/b8-5+,22-16?. The highest BCUT2D eigenvalue weighted by Gasteiger charge is 2.21. The Kier molecular flexibility index (Phi) is 4.24. The predicted octanol–water partition coefficient (Wildman–Crippen LogP) is 1.04. The van der Waals surface area contributed by atoms with Crippen LogP contribution in [0.5, 0.6) is 17.6 Å². The molecule has 3 aromatic heterocycles. The van der Waals surface area contributed by atoms with Crippen molar-refractivity contribution in [1.82, 2.24) is 29.5 Å². The molecule has 1 saturated carbocycles. The van der Waals surface area contributed by atoms with Crippen molar-refractivity contribution in [3.63, 3.8) is 0 Å². The molecule has 0 unspecified atom stereocenters. The van der Waals surface area contributed by atoms with Crippen molar-refractivity contribution in [3.05, 3.63) is 62.3 Å². The molecule has 3 N–H and O–H groups in total. The van der Waals surface area contributed by atoms with Gasteiger partial charge in [-0.15, -0.1) is 0 Å². The minimum Gasteiger partial charge on any atom is -0.493 e. The first-order valence-electron chi connectivity index (χ1n) is 8.92. The van der Waals surface area contributed by atoms with Crippen molar-refractivity contribution in [2.75, 3.05) is 0 Å². The van der Waals surface area contributed by atoms with Crippen LogP contribution in [0.25, 0.3) is 11.7 Å². The molecule has 1 aliphatic carbocycles. The average molecular weight is 430 g/mol. The van der Waals surface area contributed by atoms with Crippen LogP contribution in [0.15, 0.2) is 34.2 Å². The van der Waals surface area contributed by atoms with Gasteiger partial charge in [-0.1, -0.05) is 11.6 Å². The molecular formula is C18H13ClFN7O3. The second-order valence-corrected chi connectivity index (χ2v) is 7.07. The van der Waals surface area contributed by atoms with Crippen LogP contribution in [0, 0.1) is 5.82 Å². The van der Waals surface area contributed by atoms with Crippen LogP contribution in [-0.2, 0) is 0 Å².